The van der Waals surface area contributed by atoms with Crippen LogP contribution in [0.15, 0.2) is 110 Å². The first kappa shape index (κ1) is 56.8. The molecular formula is C55H72N12O2Si. The Morgan fingerprint density at radius 3 is 1.56 bits per heavy atom. The molecule has 0 fully saturated rings. The summed E-state index contributed by atoms with van der Waals surface area (Å²) in [6, 6.07) is 23.9. The van der Waals surface area contributed by atoms with Gasteiger partial charge < -0.3 is 30.7 Å². The minimum atomic E-state index is -1.43. The van der Waals surface area contributed by atoms with Gasteiger partial charge in [-0.25, -0.2) is 19.9 Å². The summed E-state index contributed by atoms with van der Waals surface area (Å²) in [5, 5.41) is 17.1. The van der Waals surface area contributed by atoms with Crippen molar-refractivity contribution in [2.45, 2.75) is 75.3 Å². The third kappa shape index (κ3) is 15.7. The summed E-state index contributed by atoms with van der Waals surface area (Å²) in [7, 11) is 6.44. The molecule has 15 heteroatoms. The molecule has 0 saturated heterocycles. The maximum absolute atomic E-state index is 6.10. The van der Waals surface area contributed by atoms with Crippen LogP contribution in [0.3, 0.4) is 0 Å². The summed E-state index contributed by atoms with van der Waals surface area (Å²) < 4.78 is 15.6. The van der Waals surface area contributed by atoms with Gasteiger partial charge in [0.2, 0.25) is 11.9 Å². The van der Waals surface area contributed by atoms with E-state index >= 15 is 0 Å². The Balaban J connectivity index is 0.000000351. The summed E-state index contributed by atoms with van der Waals surface area (Å²) in [6.45, 7) is 11.7. The van der Waals surface area contributed by atoms with E-state index in [4.69, 9.17) is 26.6 Å². The predicted octanol–water partition coefficient (Wildman–Crippen LogP) is 11.4. The second-order valence-electron chi connectivity index (χ2n) is 17.5. The summed E-state index contributed by atoms with van der Waals surface area (Å²) in [5.74, 6) is 8.42. The fourth-order valence-electron chi connectivity index (χ4n) is 6.45. The van der Waals surface area contributed by atoms with Gasteiger partial charge in [-0.15, -0.1) is 12.0 Å². The third-order valence-electron chi connectivity index (χ3n) is 10.2. The fraction of sp³-hybridized carbons (Fsp3) is 0.309. The van der Waals surface area contributed by atoms with Crippen LogP contribution in [0.5, 0.6) is 11.5 Å². The molecule has 368 valence electrons. The molecule has 14 nitrogen and oxygen atoms in total. The summed E-state index contributed by atoms with van der Waals surface area (Å²) in [6.07, 6.45) is 16.7. The Bertz CT molecular complexity index is 3080. The second-order valence-corrected chi connectivity index (χ2v) is 22.3. The lowest BCUT2D eigenvalue weighted by molar-refractivity contribution is 0.198. The van der Waals surface area contributed by atoms with Crippen LogP contribution in [0.25, 0.3) is 44.1 Å². The molecule has 4 heterocycles. The molecule has 0 radical (unpaired) electrons. The molecule has 0 amide bonds. The lowest BCUT2D eigenvalue weighted by atomic mass is 10.1. The fourth-order valence-corrected chi connectivity index (χ4v) is 6.97. The zero-order valence-corrected chi connectivity index (χ0v) is 40.0. The number of likely N-dealkylation sites (N-methyl/N-ethyl adjacent to an activating group) is 1. The van der Waals surface area contributed by atoms with Crippen molar-refractivity contribution in [3.05, 3.63) is 121 Å². The van der Waals surface area contributed by atoms with Crippen molar-refractivity contribution < 1.29 is 9.47 Å². The molecule has 8 rings (SSSR count). The minimum Gasteiger partial charge on any atom is -0.492 e. The molecule has 0 aliphatic carbocycles. The van der Waals surface area contributed by atoms with Crippen LogP contribution in [-0.2, 0) is 14.1 Å². The molecule has 0 unspecified atom stereocenters. The number of aryl methyl sites for hydroxylation is 2. The highest BCUT2D eigenvalue weighted by molar-refractivity contribution is 6.83. The van der Waals surface area contributed by atoms with Gasteiger partial charge in [0.1, 0.15) is 32.8 Å². The first-order chi connectivity index (χ1) is 31.5. The number of anilines is 4. The number of nitrogens with one attached hydrogen (secondary N) is 2. The first-order valence-corrected chi connectivity index (χ1v) is 25.1. The number of terminal acetylenes is 1. The van der Waals surface area contributed by atoms with E-state index < -0.39 is 8.07 Å². The Morgan fingerprint density at radius 1 is 0.657 bits per heavy atom. The molecule has 4 N–H and O–H groups in total. The number of rotatable bonds is 13. The van der Waals surface area contributed by atoms with Gasteiger partial charge in [-0.05, 0) is 99.7 Å². The molecule has 4 aromatic heterocycles. The Labute approximate surface area is 417 Å². The number of nitrogens with two attached hydrogens (primary N) is 1. The van der Waals surface area contributed by atoms with Crippen molar-refractivity contribution in [1.29, 1.82) is 0 Å². The van der Waals surface area contributed by atoms with Crippen molar-refractivity contribution >= 4 is 53.2 Å². The van der Waals surface area contributed by atoms with Crippen molar-refractivity contribution in [1.82, 2.24) is 44.4 Å². The number of benzene rings is 4. The van der Waals surface area contributed by atoms with Gasteiger partial charge in [0.25, 0.3) is 0 Å². The largest absolute Gasteiger partial charge is 0.492 e. The molecule has 2 atom stereocenters. The van der Waals surface area contributed by atoms with Crippen LogP contribution in [0.2, 0.25) is 19.6 Å². The van der Waals surface area contributed by atoms with Crippen LogP contribution in [0.1, 0.15) is 54.7 Å². The zero-order chi connectivity index (χ0) is 47.0. The van der Waals surface area contributed by atoms with Crippen molar-refractivity contribution in [2.24, 2.45) is 19.8 Å². The molecule has 0 spiro atoms. The lowest BCUT2D eigenvalue weighted by Crippen LogP contribution is -2.30. The minimum absolute atomic E-state index is 0. The smallest absolute Gasteiger partial charge is 0.227 e. The first-order valence-electron chi connectivity index (χ1n) is 21.6. The maximum Gasteiger partial charge on any atom is 0.227 e. The van der Waals surface area contributed by atoms with Crippen molar-refractivity contribution in [3.63, 3.8) is 0 Å². The normalized spacial score (nSPS) is 11.4. The molecule has 4 aromatic carbocycles. The molecule has 0 aliphatic rings. The van der Waals surface area contributed by atoms with Gasteiger partial charge in [-0.1, -0.05) is 61.2 Å². The van der Waals surface area contributed by atoms with Gasteiger partial charge in [-0.3, -0.25) is 9.36 Å². The van der Waals surface area contributed by atoms with Gasteiger partial charge >= 0.3 is 0 Å². The SMILES string of the molecule is C.C.C.C.C#Cc1ccc2nc(Nc3cc(OC[C@@H](C)N(C)C)cc(-c4cnn(C)c4)c3)ncc2c1.C[C@@H](N)COc1cc(Nc2ncc3cc(C#C[Si](C)(C)C)ccc3n2)cc(-c2cnn(C)c2)c1. The van der Waals surface area contributed by atoms with Crippen LogP contribution in [0, 0.1) is 23.8 Å². The van der Waals surface area contributed by atoms with E-state index in [0.717, 1.165) is 72.3 Å². The quantitative estimate of drug-likeness (QED) is 0.0743. The number of aromatic nitrogens is 8. The van der Waals surface area contributed by atoms with Crippen LogP contribution in [0.4, 0.5) is 23.3 Å². The number of nitrogens with zero attached hydrogens (tertiary/aromatic N) is 9. The molecule has 0 aliphatic heterocycles. The summed E-state index contributed by atoms with van der Waals surface area (Å²) >= 11 is 0. The summed E-state index contributed by atoms with van der Waals surface area (Å²) in [4.78, 5) is 20.4. The molecule has 0 saturated carbocycles. The van der Waals surface area contributed by atoms with E-state index in [9.17, 15) is 0 Å². The van der Waals surface area contributed by atoms with E-state index in [0.29, 0.717) is 30.9 Å². The highest BCUT2D eigenvalue weighted by Crippen LogP contribution is 2.32. The molecule has 70 heavy (non-hydrogen) atoms. The average molecular weight is 961 g/mol. The van der Waals surface area contributed by atoms with Gasteiger partial charge in [0, 0.05) is 108 Å². The highest BCUT2D eigenvalue weighted by Gasteiger charge is 2.13. The van der Waals surface area contributed by atoms with Crippen molar-refractivity contribution in [3.8, 4) is 57.6 Å². The number of hydrogen-bond donors (Lipinski definition) is 3. The highest BCUT2D eigenvalue weighted by atomic mass is 28.3. The van der Waals surface area contributed by atoms with E-state index in [1.54, 1.807) is 15.6 Å². The maximum atomic E-state index is 6.10. The molecular weight excluding hydrogens is 889 g/mol. The molecule has 0 bridgehead atoms. The van der Waals surface area contributed by atoms with E-state index in [2.05, 4.69) is 84.6 Å². The van der Waals surface area contributed by atoms with Crippen LogP contribution >= 0.6 is 0 Å². The van der Waals surface area contributed by atoms with Gasteiger partial charge in [0.05, 0.1) is 23.4 Å². The zero-order valence-electron chi connectivity index (χ0n) is 39.0. The standard InChI is InChI=1S/C26H30N6OSi.C25H26N6O.4CH4/c1-18(27)17-33-24-12-20(22-15-29-32(2)16-22)11-23(13-24)30-26-28-14-21-10-19(6-7-25(21)31-26)8-9-34(3,4)5;1-6-18-7-8-24-20(9-18)13-26-25(29-24)28-22-10-19(21-14-27-31(5)15-21)11-23(12-22)32-16-17(2)30(3)4;;;;/h6-7,10-16,18H,17,27H2,1-5H3,(H,28,30,31);1,7-15,17H,16H2,2-5H3,(H,26,28,29);4*1H4/t18-;17-;;;;/m11..../s1. The predicted molar refractivity (Wildman–Crippen MR) is 296 cm³/mol. The Kier molecular flexibility index (Phi) is 20.4. The van der Waals surface area contributed by atoms with E-state index in [1.165, 1.54) is 0 Å². The third-order valence-corrected chi connectivity index (χ3v) is 11.1. The molecule has 8 aromatic rings. The number of fused-ring (bicyclic) bond motifs is 2. The number of ether oxygens (including phenoxy) is 2. The summed E-state index contributed by atoms with van der Waals surface area (Å²) in [5.41, 5.74) is 18.4. The van der Waals surface area contributed by atoms with Gasteiger partial charge in [0.15, 0.2) is 0 Å². The van der Waals surface area contributed by atoms with Crippen LogP contribution in [-0.4, -0.2) is 91.9 Å². The van der Waals surface area contributed by atoms with E-state index in [-0.39, 0.29) is 41.8 Å². The average Bonchev–Trinajstić information content (AvgIpc) is 3.94. The topological polar surface area (TPSA) is 159 Å². The van der Waals surface area contributed by atoms with Crippen molar-refractivity contribution in [2.75, 3.05) is 37.9 Å². The number of hydrogen-bond acceptors (Lipinski definition) is 12. The lowest BCUT2D eigenvalue weighted by Gasteiger charge is -2.20. The van der Waals surface area contributed by atoms with Crippen LogP contribution < -0.4 is 25.8 Å². The second kappa shape index (κ2) is 25.2. The Morgan fingerprint density at radius 2 is 1.13 bits per heavy atom. The monoisotopic (exact) mass is 961 g/mol. The van der Waals surface area contributed by atoms with E-state index in [1.807, 2.05) is 139 Å². The Hall–Kier alpha value is -7.56. The van der Waals surface area contributed by atoms with Gasteiger partial charge in [-0.2, -0.15) is 10.2 Å².